The number of nitrogens with one attached hydrogen (secondary N) is 1. The third kappa shape index (κ3) is 3.01. The minimum absolute atomic E-state index is 0.0371. The van der Waals surface area contributed by atoms with Gasteiger partial charge in [-0.1, -0.05) is 0 Å². The topological polar surface area (TPSA) is 93.9 Å². The molecule has 3 aromatic rings. The van der Waals surface area contributed by atoms with E-state index in [1.54, 1.807) is 10.7 Å². The molecule has 9 nitrogen and oxygen atoms in total. The van der Waals surface area contributed by atoms with Gasteiger partial charge in [-0.3, -0.25) is 4.79 Å². The second kappa shape index (κ2) is 6.61. The maximum absolute atomic E-state index is 14.2. The number of carbonyl (C=O) groups excluding carboxylic acids is 1. The zero-order valence-electron chi connectivity index (χ0n) is 16.9. The molecule has 3 aromatic heterocycles. The van der Waals surface area contributed by atoms with E-state index in [0.717, 1.165) is 19.0 Å². The van der Waals surface area contributed by atoms with Gasteiger partial charge in [0, 0.05) is 11.8 Å². The third-order valence-corrected chi connectivity index (χ3v) is 6.23. The predicted octanol–water partition coefficient (Wildman–Crippen LogP) is 1.88. The molecule has 10 heteroatoms. The average Bonchev–Trinajstić information content (AvgIpc) is 3.38. The molecule has 5 heterocycles. The molecule has 2 fully saturated rings. The second-order valence-electron chi connectivity index (χ2n) is 8.49. The van der Waals surface area contributed by atoms with E-state index in [1.807, 2.05) is 13.0 Å². The predicted molar refractivity (Wildman–Crippen MR) is 108 cm³/mol. The summed E-state index contributed by atoms with van der Waals surface area (Å²) in [6.45, 7) is 3.11. The number of morpholine rings is 1. The van der Waals surface area contributed by atoms with E-state index >= 15 is 0 Å². The van der Waals surface area contributed by atoms with Gasteiger partial charge in [-0.25, -0.2) is 18.9 Å². The number of anilines is 1. The van der Waals surface area contributed by atoms with E-state index in [4.69, 9.17) is 14.5 Å². The van der Waals surface area contributed by atoms with Gasteiger partial charge in [0.15, 0.2) is 5.65 Å². The van der Waals surface area contributed by atoms with Crippen LogP contribution in [-0.4, -0.2) is 56.9 Å². The molecule has 1 saturated heterocycles. The van der Waals surface area contributed by atoms with Crippen LogP contribution in [0.1, 0.15) is 41.7 Å². The summed E-state index contributed by atoms with van der Waals surface area (Å²) in [6, 6.07) is 2.90. The van der Waals surface area contributed by atoms with E-state index in [1.165, 1.54) is 12.3 Å². The van der Waals surface area contributed by atoms with Gasteiger partial charge >= 0.3 is 0 Å². The van der Waals surface area contributed by atoms with Crippen molar-refractivity contribution < 1.29 is 18.7 Å². The minimum Gasteiger partial charge on any atom is -0.475 e. The van der Waals surface area contributed by atoms with E-state index in [0.29, 0.717) is 41.7 Å². The number of hydrogen-bond acceptors (Lipinski definition) is 7. The fourth-order valence-corrected chi connectivity index (χ4v) is 4.38. The Bertz CT molecular complexity index is 1190. The molecule has 2 bridgehead atoms. The summed E-state index contributed by atoms with van der Waals surface area (Å²) >= 11 is 0. The maximum atomic E-state index is 14.2. The molecule has 2 atom stereocenters. The number of nitrogens with zero attached hydrogens (tertiary/aromatic N) is 5. The normalized spacial score (nSPS) is 24.5. The number of rotatable bonds is 0. The van der Waals surface area contributed by atoms with Crippen molar-refractivity contribution in [2.45, 2.75) is 37.4 Å². The van der Waals surface area contributed by atoms with Gasteiger partial charge in [-0.15, -0.1) is 0 Å². The quantitative estimate of drug-likeness (QED) is 0.589. The highest BCUT2D eigenvalue weighted by molar-refractivity contribution is 6.00. The molecule has 1 aliphatic carbocycles. The Morgan fingerprint density at radius 2 is 2.16 bits per heavy atom. The fraction of sp³-hybridized carbons (Fsp3) is 0.429. The molecule has 160 valence electrons. The van der Waals surface area contributed by atoms with Crippen molar-refractivity contribution in [1.82, 2.24) is 24.9 Å². The highest BCUT2D eigenvalue weighted by atomic mass is 19.1. The number of hydrogen-bond donors (Lipinski definition) is 1. The van der Waals surface area contributed by atoms with Crippen molar-refractivity contribution in [3.63, 3.8) is 0 Å². The van der Waals surface area contributed by atoms with Crippen LogP contribution in [0.25, 0.3) is 5.65 Å². The Labute approximate surface area is 177 Å². The molecule has 6 rings (SSSR count). The second-order valence-corrected chi connectivity index (χ2v) is 8.49. The third-order valence-electron chi connectivity index (χ3n) is 6.23. The van der Waals surface area contributed by atoms with Gasteiger partial charge in [0.1, 0.15) is 23.8 Å². The van der Waals surface area contributed by atoms with Crippen molar-refractivity contribution in [1.29, 1.82) is 0 Å². The molecule has 1 amide bonds. The molecule has 2 aliphatic heterocycles. The standard InChI is InChI=1S/C21H21FN6O3/c1-12-9-30-10-16-14-6-13(22)7-23-20(14)31-11-21(3-4-21)26-19(29)15-8-24-27-5-2-17(28(12)16)25-18(15)27/h2,5-8,12,16H,3-4,9-11H2,1H3,(H,26,29)/t12-,16-/m1/s1. The zero-order chi connectivity index (χ0) is 21.2. The average molecular weight is 424 g/mol. The van der Waals surface area contributed by atoms with Gasteiger partial charge in [-0.2, -0.15) is 5.10 Å². The monoisotopic (exact) mass is 424 g/mol. The summed E-state index contributed by atoms with van der Waals surface area (Å²) in [5.74, 6) is 0.316. The van der Waals surface area contributed by atoms with Gasteiger partial charge < -0.3 is 19.7 Å². The van der Waals surface area contributed by atoms with Crippen molar-refractivity contribution in [3.8, 4) is 5.88 Å². The van der Waals surface area contributed by atoms with Crippen LogP contribution in [-0.2, 0) is 4.74 Å². The first-order valence-electron chi connectivity index (χ1n) is 10.3. The van der Waals surface area contributed by atoms with E-state index in [-0.39, 0.29) is 24.6 Å². The Kier molecular flexibility index (Phi) is 3.95. The van der Waals surface area contributed by atoms with Crippen LogP contribution >= 0.6 is 0 Å². The van der Waals surface area contributed by atoms with Crippen LogP contribution in [0.3, 0.4) is 0 Å². The van der Waals surface area contributed by atoms with Crippen molar-refractivity contribution >= 4 is 17.4 Å². The Morgan fingerprint density at radius 1 is 1.29 bits per heavy atom. The smallest absolute Gasteiger partial charge is 0.257 e. The number of halogens is 1. The highest BCUT2D eigenvalue weighted by Gasteiger charge is 2.46. The molecular formula is C21H21FN6O3. The SMILES string of the molecule is C[C@@H]1COC[C@@H]2c3cc(F)cnc3OCC3(CC3)NC(=O)c3cnn4ccc(nc34)N12. The summed E-state index contributed by atoms with van der Waals surface area (Å²) in [6.07, 6.45) is 6.05. The van der Waals surface area contributed by atoms with Crippen LogP contribution in [0.15, 0.2) is 30.7 Å². The molecule has 0 unspecified atom stereocenters. The Balaban J connectivity index is 1.56. The first-order chi connectivity index (χ1) is 15.0. The Hall–Kier alpha value is -3.27. The van der Waals surface area contributed by atoms with Crippen LogP contribution in [0.5, 0.6) is 5.88 Å². The summed E-state index contributed by atoms with van der Waals surface area (Å²) < 4.78 is 27.7. The number of ether oxygens (including phenoxy) is 2. The van der Waals surface area contributed by atoms with E-state index in [2.05, 4.69) is 20.3 Å². The lowest BCUT2D eigenvalue weighted by Gasteiger charge is -2.41. The number of fused-ring (bicyclic) bond motifs is 5. The summed E-state index contributed by atoms with van der Waals surface area (Å²) in [5.41, 5.74) is 1.01. The lowest BCUT2D eigenvalue weighted by molar-refractivity contribution is 0.0689. The maximum Gasteiger partial charge on any atom is 0.257 e. The van der Waals surface area contributed by atoms with Crippen LogP contribution in [0, 0.1) is 5.82 Å². The van der Waals surface area contributed by atoms with Crippen molar-refractivity contribution in [2.75, 3.05) is 24.7 Å². The van der Waals surface area contributed by atoms with E-state index in [9.17, 15) is 9.18 Å². The van der Waals surface area contributed by atoms with Crippen LogP contribution in [0.4, 0.5) is 10.2 Å². The Morgan fingerprint density at radius 3 is 3.00 bits per heavy atom. The molecule has 31 heavy (non-hydrogen) atoms. The van der Waals surface area contributed by atoms with E-state index < -0.39 is 11.4 Å². The van der Waals surface area contributed by atoms with Gasteiger partial charge in [0.05, 0.1) is 43.2 Å². The molecule has 1 spiro atoms. The summed E-state index contributed by atoms with van der Waals surface area (Å²) in [7, 11) is 0. The number of amides is 1. The van der Waals surface area contributed by atoms with Gasteiger partial charge in [-0.05, 0) is 31.9 Å². The highest BCUT2D eigenvalue weighted by Crippen LogP contribution is 2.40. The zero-order valence-corrected chi connectivity index (χ0v) is 16.9. The molecule has 1 saturated carbocycles. The van der Waals surface area contributed by atoms with Crippen LogP contribution in [0.2, 0.25) is 0 Å². The molecule has 1 N–H and O–H groups in total. The van der Waals surface area contributed by atoms with Crippen molar-refractivity contribution in [2.24, 2.45) is 0 Å². The molecule has 3 aliphatic rings. The number of pyridine rings is 1. The molecular weight excluding hydrogens is 403 g/mol. The fourth-order valence-electron chi connectivity index (χ4n) is 4.38. The first-order valence-corrected chi connectivity index (χ1v) is 10.3. The number of aromatic nitrogens is 4. The van der Waals surface area contributed by atoms with Gasteiger partial charge in [0.25, 0.3) is 5.91 Å². The summed E-state index contributed by atoms with van der Waals surface area (Å²) in [4.78, 5) is 24.1. The van der Waals surface area contributed by atoms with Crippen LogP contribution < -0.4 is 15.0 Å². The van der Waals surface area contributed by atoms with Crippen molar-refractivity contribution in [3.05, 3.63) is 47.7 Å². The lowest BCUT2D eigenvalue weighted by atomic mass is 10.0. The lowest BCUT2D eigenvalue weighted by Crippen LogP contribution is -2.46. The number of carbonyl (C=O) groups is 1. The summed E-state index contributed by atoms with van der Waals surface area (Å²) in [5, 5.41) is 7.36. The molecule has 0 radical (unpaired) electrons. The van der Waals surface area contributed by atoms with Gasteiger partial charge in [0.2, 0.25) is 5.88 Å². The first kappa shape index (κ1) is 18.5. The molecule has 0 aromatic carbocycles. The largest absolute Gasteiger partial charge is 0.475 e. The minimum atomic E-state index is -0.472.